The number of hydrogen-bond donors (Lipinski definition) is 9. The van der Waals surface area contributed by atoms with Gasteiger partial charge in [0.25, 0.3) is 0 Å². The van der Waals surface area contributed by atoms with Gasteiger partial charge in [-0.15, -0.1) is 0 Å². The van der Waals surface area contributed by atoms with Gasteiger partial charge in [-0.3, -0.25) is 0 Å². The zero-order chi connectivity index (χ0) is 47.0. The number of aromatic hydroxyl groups is 9. The zero-order valence-electron chi connectivity index (χ0n) is 35.6. The number of fused-ring (bicyclic) bond motifs is 3. The van der Waals surface area contributed by atoms with Crippen LogP contribution in [-0.4, -0.2) is 46.0 Å². The lowest BCUT2D eigenvalue weighted by molar-refractivity contribution is 0.220. The minimum atomic E-state index is -0.721. The second kappa shape index (κ2) is 16.1. The fourth-order valence-electron chi connectivity index (χ4n) is 9.78. The average molecular weight is 905 g/mol. The van der Waals surface area contributed by atoms with E-state index in [0.717, 1.165) is 16.7 Å². The van der Waals surface area contributed by atoms with Gasteiger partial charge in [0.05, 0.1) is 11.8 Å². The maximum atomic E-state index is 11.5. The second-order valence-corrected chi connectivity index (χ2v) is 17.1. The average Bonchev–Trinajstić information content (AvgIpc) is 4.00. The van der Waals surface area contributed by atoms with Crippen molar-refractivity contribution in [1.29, 1.82) is 0 Å². The van der Waals surface area contributed by atoms with Crippen molar-refractivity contribution in [2.75, 3.05) is 0 Å². The maximum Gasteiger partial charge on any atom is 0.143 e. The first-order chi connectivity index (χ1) is 32.8. The molecule has 9 N–H and O–H groups in total. The number of rotatable bonds is 8. The summed E-state index contributed by atoms with van der Waals surface area (Å²) < 4.78 is 19.9. The van der Waals surface area contributed by atoms with Crippen LogP contribution in [-0.2, 0) is 0 Å². The van der Waals surface area contributed by atoms with Gasteiger partial charge in [0, 0.05) is 51.9 Å². The minimum Gasteiger partial charge on any atom is -0.508 e. The summed E-state index contributed by atoms with van der Waals surface area (Å²) in [6.07, 6.45) is 2.28. The van der Waals surface area contributed by atoms with Gasteiger partial charge in [-0.25, -0.2) is 0 Å². The summed E-state index contributed by atoms with van der Waals surface area (Å²) in [7, 11) is 0. The quantitative estimate of drug-likeness (QED) is 0.0652. The molecule has 0 unspecified atom stereocenters. The largest absolute Gasteiger partial charge is 0.508 e. The SMILES string of the molecule is Oc1ccc(-c2oc3cc(O)cc(/C=C/c4ccc5c(c4)[C@@H](c4cc(O)cc6c4[C@H](c4cc(O)cc(O)c4)[C@@H](c4ccc(O)cc4)O6)[C@H](c4ccc(O)cc4)O5)c3c2-c2cc(O)cc(O)c2)cc1. The van der Waals surface area contributed by atoms with Crippen LogP contribution in [0.3, 0.4) is 0 Å². The smallest absolute Gasteiger partial charge is 0.143 e. The van der Waals surface area contributed by atoms with Crippen molar-refractivity contribution < 1.29 is 59.8 Å². The highest BCUT2D eigenvalue weighted by Crippen LogP contribution is 2.59. The van der Waals surface area contributed by atoms with E-state index in [9.17, 15) is 46.0 Å². The van der Waals surface area contributed by atoms with Gasteiger partial charge in [0.1, 0.15) is 86.8 Å². The number of phenols is 9. The fraction of sp³-hybridized carbons (Fsp3) is 0.0714. The van der Waals surface area contributed by atoms with Gasteiger partial charge >= 0.3 is 0 Å². The van der Waals surface area contributed by atoms with Gasteiger partial charge in [0.2, 0.25) is 0 Å². The Morgan fingerprint density at radius 2 is 0.926 bits per heavy atom. The summed E-state index contributed by atoms with van der Waals surface area (Å²) in [6, 6.07) is 40.3. The molecule has 2 aliphatic rings. The fourth-order valence-corrected chi connectivity index (χ4v) is 9.78. The molecule has 0 fully saturated rings. The van der Waals surface area contributed by atoms with Crippen molar-refractivity contribution in [3.63, 3.8) is 0 Å². The highest BCUT2D eigenvalue weighted by atomic mass is 16.5. The summed E-state index contributed by atoms with van der Waals surface area (Å²) >= 11 is 0. The number of furan rings is 1. The van der Waals surface area contributed by atoms with Crippen molar-refractivity contribution in [3.05, 3.63) is 196 Å². The van der Waals surface area contributed by atoms with Crippen LogP contribution in [0.2, 0.25) is 0 Å². The summed E-state index contributed by atoms with van der Waals surface area (Å²) in [5.41, 5.74) is 7.18. The molecule has 12 heteroatoms. The van der Waals surface area contributed by atoms with E-state index in [0.29, 0.717) is 72.7 Å². The van der Waals surface area contributed by atoms with E-state index in [4.69, 9.17) is 13.9 Å². The minimum absolute atomic E-state index is 0.0516. The van der Waals surface area contributed by atoms with Crippen LogP contribution in [0.5, 0.6) is 63.2 Å². The molecule has 0 radical (unpaired) electrons. The Bertz CT molecular complexity index is 3420. The molecular formula is C56H40O12. The Kier molecular flexibility index (Phi) is 9.82. The highest BCUT2D eigenvalue weighted by molar-refractivity contribution is 6.07. The topological polar surface area (TPSA) is 214 Å². The van der Waals surface area contributed by atoms with E-state index in [-0.39, 0.29) is 51.7 Å². The van der Waals surface area contributed by atoms with E-state index in [1.165, 1.54) is 48.5 Å². The summed E-state index contributed by atoms with van der Waals surface area (Å²) in [5.74, 6) is -0.592. The summed E-state index contributed by atoms with van der Waals surface area (Å²) in [5, 5.41) is 96.5. The number of ether oxygens (including phenoxy) is 2. The summed E-state index contributed by atoms with van der Waals surface area (Å²) in [6.45, 7) is 0. The first-order valence-corrected chi connectivity index (χ1v) is 21.6. The highest BCUT2D eigenvalue weighted by Gasteiger charge is 2.45. The first-order valence-electron chi connectivity index (χ1n) is 21.6. The van der Waals surface area contributed by atoms with Crippen molar-refractivity contribution in [2.45, 2.75) is 24.0 Å². The lowest BCUT2D eigenvalue weighted by Gasteiger charge is -2.26. The van der Waals surface area contributed by atoms with Crippen LogP contribution in [0.15, 0.2) is 156 Å². The second-order valence-electron chi connectivity index (χ2n) is 17.1. The van der Waals surface area contributed by atoms with Gasteiger partial charge in [-0.2, -0.15) is 0 Å². The monoisotopic (exact) mass is 904 g/mol. The molecule has 0 aliphatic carbocycles. The Morgan fingerprint density at radius 3 is 1.56 bits per heavy atom. The van der Waals surface area contributed by atoms with E-state index in [2.05, 4.69) is 0 Å². The first kappa shape index (κ1) is 41.5. The molecule has 0 saturated carbocycles. The van der Waals surface area contributed by atoms with E-state index >= 15 is 0 Å². The van der Waals surface area contributed by atoms with Gasteiger partial charge in [0.15, 0.2) is 0 Å². The molecule has 4 atom stereocenters. The van der Waals surface area contributed by atoms with Gasteiger partial charge < -0.3 is 59.8 Å². The van der Waals surface area contributed by atoms with Crippen LogP contribution in [0.25, 0.3) is 45.6 Å². The van der Waals surface area contributed by atoms with E-state index in [1.54, 1.807) is 84.9 Å². The molecule has 68 heavy (non-hydrogen) atoms. The van der Waals surface area contributed by atoms with Gasteiger partial charge in [-0.05, 0) is 136 Å². The van der Waals surface area contributed by atoms with Crippen LogP contribution in [0.1, 0.15) is 68.6 Å². The standard InChI is InChI=1S/C56H40O12/c57-35-10-4-29(5-11-35)54-50(33-19-38(60)23-39(61)20-33)49-32(18-42(64)26-47(49)67-54)3-1-28-2-16-46-44(17-28)52(56(66-46)31-8-14-37(59)15-9-31)45-25-43(65)27-48-53(45)51(34-21-40(62)24-41(63)22-34)55(68-48)30-6-12-36(58)13-7-30/h1-27,51-52,55-65H/b3-1+/t51-,52-,55+,56-/m0/s1. The number of hydrogen-bond acceptors (Lipinski definition) is 12. The molecule has 0 amide bonds. The molecular weight excluding hydrogens is 865 g/mol. The maximum absolute atomic E-state index is 11.5. The molecule has 9 aromatic rings. The molecule has 3 heterocycles. The Labute approximate surface area is 387 Å². The Balaban J connectivity index is 1.08. The molecule has 0 bridgehead atoms. The lowest BCUT2D eigenvalue weighted by atomic mass is 9.76. The van der Waals surface area contributed by atoms with E-state index < -0.39 is 24.0 Å². The molecule has 8 aromatic carbocycles. The summed E-state index contributed by atoms with van der Waals surface area (Å²) in [4.78, 5) is 0. The number of phenolic OH excluding ortho intramolecular Hbond substituents is 9. The lowest BCUT2D eigenvalue weighted by Crippen LogP contribution is -2.16. The van der Waals surface area contributed by atoms with Crippen molar-refractivity contribution >= 4 is 23.1 Å². The molecule has 0 saturated heterocycles. The van der Waals surface area contributed by atoms with E-state index in [1.807, 2.05) is 30.4 Å². The Hall–Kier alpha value is -9.16. The van der Waals surface area contributed by atoms with Crippen molar-refractivity contribution in [2.24, 2.45) is 0 Å². The normalized spacial score (nSPS) is 17.2. The predicted molar refractivity (Wildman–Crippen MR) is 254 cm³/mol. The third-order valence-corrected chi connectivity index (χ3v) is 12.6. The molecule has 2 aliphatic heterocycles. The van der Waals surface area contributed by atoms with Crippen LogP contribution >= 0.6 is 0 Å². The molecule has 1 aromatic heterocycles. The van der Waals surface area contributed by atoms with Crippen LogP contribution in [0, 0.1) is 0 Å². The zero-order valence-corrected chi connectivity index (χ0v) is 35.6. The molecule has 12 nitrogen and oxygen atoms in total. The number of benzene rings is 8. The Morgan fingerprint density at radius 1 is 0.382 bits per heavy atom. The van der Waals surface area contributed by atoms with Gasteiger partial charge in [-0.1, -0.05) is 42.5 Å². The molecule has 11 rings (SSSR count). The molecule has 0 spiro atoms. The van der Waals surface area contributed by atoms with Crippen LogP contribution in [0.4, 0.5) is 0 Å². The predicted octanol–water partition coefficient (Wildman–Crippen LogP) is 11.8. The van der Waals surface area contributed by atoms with Crippen molar-refractivity contribution in [3.8, 4) is 85.7 Å². The third-order valence-electron chi connectivity index (χ3n) is 12.6. The molecule has 336 valence electrons. The van der Waals surface area contributed by atoms with Crippen LogP contribution < -0.4 is 9.47 Å². The van der Waals surface area contributed by atoms with Crippen molar-refractivity contribution in [1.82, 2.24) is 0 Å². The third kappa shape index (κ3) is 7.39.